The maximum atomic E-state index is 5.39. The molecular weight excluding hydrogens is 204 g/mol. The van der Waals surface area contributed by atoms with E-state index in [0.717, 1.165) is 5.69 Å². The van der Waals surface area contributed by atoms with Gasteiger partial charge in [-0.3, -0.25) is 0 Å². The Labute approximate surface area is 96.4 Å². The summed E-state index contributed by atoms with van der Waals surface area (Å²) in [4.78, 5) is 8.80. The Morgan fingerprint density at radius 1 is 1.38 bits per heavy atom. The maximum Gasteiger partial charge on any atom is 0.162 e. The van der Waals surface area contributed by atoms with Crippen LogP contribution in [0, 0.1) is 0 Å². The van der Waals surface area contributed by atoms with Crippen LogP contribution in [0.2, 0.25) is 0 Å². The van der Waals surface area contributed by atoms with Gasteiger partial charge in [-0.05, 0) is 19.8 Å². The smallest absolute Gasteiger partial charge is 0.162 e. The second-order valence-electron chi connectivity index (χ2n) is 4.52. The first-order valence-corrected chi connectivity index (χ1v) is 5.32. The second kappa shape index (κ2) is 4.76. The largest absolute Gasteiger partial charge is 0.371 e. The minimum Gasteiger partial charge on any atom is -0.371 e. The number of ether oxygens (including phenoxy) is 1. The van der Waals surface area contributed by atoms with Crippen LogP contribution in [0.5, 0.6) is 0 Å². The lowest BCUT2D eigenvalue weighted by Gasteiger charge is -2.22. The molecule has 0 aliphatic carbocycles. The molecule has 5 heteroatoms. The van der Waals surface area contributed by atoms with Crippen molar-refractivity contribution in [3.8, 4) is 0 Å². The number of hydrazine groups is 1. The number of anilines is 1. The van der Waals surface area contributed by atoms with Crippen molar-refractivity contribution in [3.05, 3.63) is 17.6 Å². The zero-order chi connectivity index (χ0) is 12.3. The molecule has 90 valence electrons. The molecule has 1 aromatic heterocycles. The van der Waals surface area contributed by atoms with Gasteiger partial charge in [-0.15, -0.1) is 0 Å². The predicted octanol–water partition coefficient (Wildman–Crippen LogP) is 1.77. The lowest BCUT2D eigenvalue weighted by Crippen LogP contribution is -2.25. The van der Waals surface area contributed by atoms with Crippen molar-refractivity contribution in [1.82, 2.24) is 9.97 Å². The molecule has 0 aromatic carbocycles. The number of nitrogen functional groups attached to an aromatic ring is 1. The van der Waals surface area contributed by atoms with Gasteiger partial charge in [-0.2, -0.15) is 0 Å². The van der Waals surface area contributed by atoms with Crippen LogP contribution >= 0.6 is 0 Å². The quantitative estimate of drug-likeness (QED) is 0.602. The van der Waals surface area contributed by atoms with Crippen LogP contribution in [0.3, 0.4) is 0 Å². The first kappa shape index (κ1) is 12.9. The normalized spacial score (nSPS) is 11.9. The van der Waals surface area contributed by atoms with Crippen LogP contribution < -0.4 is 11.3 Å². The second-order valence-corrected chi connectivity index (χ2v) is 4.52. The van der Waals surface area contributed by atoms with Crippen LogP contribution in [-0.4, -0.2) is 17.1 Å². The number of hydrogen-bond acceptors (Lipinski definition) is 5. The van der Waals surface area contributed by atoms with Crippen LogP contribution in [0.4, 0.5) is 5.82 Å². The van der Waals surface area contributed by atoms with Gasteiger partial charge in [-0.25, -0.2) is 15.8 Å². The van der Waals surface area contributed by atoms with E-state index in [1.54, 1.807) is 7.11 Å². The van der Waals surface area contributed by atoms with Crippen molar-refractivity contribution in [1.29, 1.82) is 0 Å². The van der Waals surface area contributed by atoms with E-state index in [-0.39, 0.29) is 0 Å². The molecule has 3 N–H and O–H groups in total. The van der Waals surface area contributed by atoms with Gasteiger partial charge in [0.05, 0.1) is 0 Å². The molecular formula is C11H20N4O. The number of nitrogens with two attached hydrogens (primary N) is 1. The molecule has 0 fully saturated rings. The van der Waals surface area contributed by atoms with E-state index in [1.165, 1.54) is 0 Å². The van der Waals surface area contributed by atoms with E-state index in [2.05, 4.69) is 29.2 Å². The van der Waals surface area contributed by atoms with Crippen molar-refractivity contribution in [2.75, 3.05) is 12.5 Å². The van der Waals surface area contributed by atoms with Gasteiger partial charge in [0.15, 0.2) is 5.82 Å². The first-order chi connectivity index (χ1) is 7.40. The molecule has 1 heterocycles. The highest BCUT2D eigenvalue weighted by Crippen LogP contribution is 2.24. The number of nitrogens with one attached hydrogen (secondary N) is 1. The highest BCUT2D eigenvalue weighted by molar-refractivity contribution is 5.36. The Morgan fingerprint density at radius 3 is 2.44 bits per heavy atom. The molecule has 0 atom stereocenters. The summed E-state index contributed by atoms with van der Waals surface area (Å²) in [5.74, 6) is 6.96. The Bertz CT molecular complexity index is 363. The highest BCUT2D eigenvalue weighted by atomic mass is 16.5. The Hall–Kier alpha value is -1.20. The number of rotatable bonds is 4. The van der Waals surface area contributed by atoms with Gasteiger partial charge < -0.3 is 10.2 Å². The fraction of sp³-hybridized carbons (Fsp3) is 0.636. The van der Waals surface area contributed by atoms with Crippen molar-refractivity contribution >= 4 is 5.82 Å². The average Bonchev–Trinajstić information content (AvgIpc) is 2.28. The Kier molecular flexibility index (Phi) is 3.83. The molecule has 1 aromatic rings. The van der Waals surface area contributed by atoms with Crippen LogP contribution in [0.1, 0.15) is 45.1 Å². The fourth-order valence-corrected chi connectivity index (χ4v) is 1.20. The van der Waals surface area contributed by atoms with Crippen molar-refractivity contribution in [2.45, 2.75) is 39.2 Å². The number of hydrogen-bond donors (Lipinski definition) is 2. The third-order valence-electron chi connectivity index (χ3n) is 2.53. The Morgan fingerprint density at radius 2 is 2.00 bits per heavy atom. The third kappa shape index (κ3) is 2.68. The molecule has 0 unspecified atom stereocenters. The number of aromatic nitrogens is 2. The van der Waals surface area contributed by atoms with Crippen molar-refractivity contribution in [3.63, 3.8) is 0 Å². The van der Waals surface area contributed by atoms with Crippen LogP contribution in [0.25, 0.3) is 0 Å². The summed E-state index contributed by atoms with van der Waals surface area (Å²) in [6.45, 7) is 8.00. The van der Waals surface area contributed by atoms with Crippen molar-refractivity contribution in [2.24, 2.45) is 5.84 Å². The Balaban J connectivity index is 3.24. The van der Waals surface area contributed by atoms with Gasteiger partial charge in [0.2, 0.25) is 0 Å². The summed E-state index contributed by atoms with van der Waals surface area (Å²) in [5.41, 5.74) is 2.98. The zero-order valence-electron chi connectivity index (χ0n) is 10.5. The zero-order valence-corrected chi connectivity index (χ0v) is 10.5. The van der Waals surface area contributed by atoms with E-state index in [4.69, 9.17) is 10.6 Å². The summed E-state index contributed by atoms with van der Waals surface area (Å²) in [6.07, 6.45) is 0. The minimum absolute atomic E-state index is 0.321. The average molecular weight is 224 g/mol. The summed E-state index contributed by atoms with van der Waals surface area (Å²) < 4.78 is 5.36. The van der Waals surface area contributed by atoms with Gasteiger partial charge >= 0.3 is 0 Å². The summed E-state index contributed by atoms with van der Waals surface area (Å²) in [6, 6.07) is 1.85. The van der Waals surface area contributed by atoms with Gasteiger partial charge in [0.1, 0.15) is 11.4 Å². The monoisotopic (exact) mass is 224 g/mol. The lowest BCUT2D eigenvalue weighted by molar-refractivity contribution is 0.0114. The predicted molar refractivity (Wildman–Crippen MR) is 64.0 cm³/mol. The van der Waals surface area contributed by atoms with Gasteiger partial charge in [0.25, 0.3) is 0 Å². The minimum atomic E-state index is -0.517. The topological polar surface area (TPSA) is 73.1 Å². The molecule has 5 nitrogen and oxygen atoms in total. The molecule has 0 amide bonds. The molecule has 0 radical (unpaired) electrons. The van der Waals surface area contributed by atoms with Crippen LogP contribution in [0.15, 0.2) is 6.07 Å². The van der Waals surface area contributed by atoms with Crippen molar-refractivity contribution < 1.29 is 4.74 Å². The third-order valence-corrected chi connectivity index (χ3v) is 2.53. The van der Waals surface area contributed by atoms with E-state index >= 15 is 0 Å². The molecule has 16 heavy (non-hydrogen) atoms. The number of methoxy groups -OCH3 is 1. The highest BCUT2D eigenvalue weighted by Gasteiger charge is 2.24. The van der Waals surface area contributed by atoms with Gasteiger partial charge in [-0.1, -0.05) is 13.8 Å². The van der Waals surface area contributed by atoms with E-state index < -0.39 is 5.60 Å². The molecule has 0 spiro atoms. The van der Waals surface area contributed by atoms with E-state index in [9.17, 15) is 0 Å². The maximum absolute atomic E-state index is 5.39. The fourth-order valence-electron chi connectivity index (χ4n) is 1.20. The lowest BCUT2D eigenvalue weighted by atomic mass is 10.1. The van der Waals surface area contributed by atoms with Crippen LogP contribution in [-0.2, 0) is 10.3 Å². The molecule has 0 saturated carbocycles. The van der Waals surface area contributed by atoms with E-state index in [1.807, 2.05) is 19.9 Å². The van der Waals surface area contributed by atoms with E-state index in [0.29, 0.717) is 17.6 Å². The molecule has 0 bridgehead atoms. The summed E-state index contributed by atoms with van der Waals surface area (Å²) in [5, 5.41) is 0. The summed E-state index contributed by atoms with van der Waals surface area (Å²) in [7, 11) is 1.64. The molecule has 0 saturated heterocycles. The van der Waals surface area contributed by atoms with Gasteiger partial charge in [0, 0.05) is 18.9 Å². The SMILES string of the molecule is COC(C)(C)c1nc(NN)cc(C(C)C)n1. The standard InChI is InChI=1S/C11H20N4O/c1-7(2)8-6-9(15-12)14-10(13-8)11(3,4)16-5/h6-7H,12H2,1-5H3,(H,13,14,15). The number of nitrogens with zero attached hydrogens (tertiary/aromatic N) is 2. The molecule has 0 aliphatic rings. The molecule has 0 aliphatic heterocycles. The summed E-state index contributed by atoms with van der Waals surface area (Å²) >= 11 is 0. The first-order valence-electron chi connectivity index (χ1n) is 5.32. The molecule has 1 rings (SSSR count).